The molecule has 2 aliphatic rings. The van der Waals surface area contributed by atoms with Gasteiger partial charge in [-0.3, -0.25) is 14.5 Å². The summed E-state index contributed by atoms with van der Waals surface area (Å²) >= 11 is 1.26. The molecule has 2 N–H and O–H groups in total. The minimum absolute atomic E-state index is 0.0698. The van der Waals surface area contributed by atoms with Gasteiger partial charge in [-0.1, -0.05) is 39.5 Å². The molecule has 4 amide bonds. The highest BCUT2D eigenvalue weighted by Crippen LogP contribution is 2.46. The lowest BCUT2D eigenvalue weighted by atomic mass is 9.87. The third kappa shape index (κ3) is 4.24. The molecule has 1 fully saturated rings. The summed E-state index contributed by atoms with van der Waals surface area (Å²) in [6, 6.07) is 9.25. The first-order chi connectivity index (χ1) is 17.2. The normalized spacial score (nSPS) is 17.6. The van der Waals surface area contributed by atoms with E-state index in [1.807, 2.05) is 24.3 Å². The van der Waals surface area contributed by atoms with Crippen molar-refractivity contribution in [2.24, 2.45) is 0 Å². The molecule has 8 nitrogen and oxygen atoms in total. The molecule has 2 aromatic heterocycles. The molecule has 1 saturated heterocycles. The summed E-state index contributed by atoms with van der Waals surface area (Å²) in [5.41, 5.74) is 2.98. The predicted molar refractivity (Wildman–Crippen MR) is 143 cm³/mol. The highest BCUT2D eigenvalue weighted by molar-refractivity contribution is 7.21. The minimum atomic E-state index is -0.325. The zero-order valence-electron chi connectivity index (χ0n) is 20.6. The summed E-state index contributed by atoms with van der Waals surface area (Å²) in [5.74, 6) is -0.414. The monoisotopic (exact) mass is 503 g/mol. The van der Waals surface area contributed by atoms with Crippen molar-refractivity contribution in [1.29, 1.82) is 0 Å². The van der Waals surface area contributed by atoms with E-state index in [4.69, 9.17) is 0 Å². The van der Waals surface area contributed by atoms with Gasteiger partial charge in [-0.15, -0.1) is 11.3 Å². The fraction of sp³-hybridized carbons (Fsp3) is 0.333. The van der Waals surface area contributed by atoms with Gasteiger partial charge in [0.05, 0.1) is 22.4 Å². The Bertz CT molecular complexity index is 1390. The second-order valence-electron chi connectivity index (χ2n) is 10.2. The molecule has 1 aromatic carbocycles. The standard InChI is InChI=1S/C27H29N5O3S/c1-5-20(33)31-13-7-9-17(15-31)29-24(34)23-22-21-19(11-12-28-25(21)36-23)32(26(35)30-22)18-10-6-8-16(14-18)27(2,3)4/h5-6,8,10-12,14,17H,1,7,9,13,15H2,2-4H3,(H,29,34)(H,30,35)/t17-/m1/s1. The molecule has 4 heterocycles. The van der Waals surface area contributed by atoms with E-state index >= 15 is 0 Å². The lowest BCUT2D eigenvalue weighted by Gasteiger charge is -2.32. The van der Waals surface area contributed by atoms with E-state index in [9.17, 15) is 14.4 Å². The number of aromatic nitrogens is 1. The summed E-state index contributed by atoms with van der Waals surface area (Å²) in [6.07, 6.45) is 4.54. The average molecular weight is 504 g/mol. The molecule has 0 spiro atoms. The Kier molecular flexibility index (Phi) is 6.04. The van der Waals surface area contributed by atoms with Gasteiger partial charge in [-0.2, -0.15) is 0 Å². The zero-order chi connectivity index (χ0) is 25.6. The van der Waals surface area contributed by atoms with Crippen LogP contribution in [0.4, 0.5) is 21.9 Å². The van der Waals surface area contributed by atoms with E-state index in [0.717, 1.165) is 29.5 Å². The number of carbonyl (C=O) groups excluding carboxylic acids is 3. The molecular formula is C27H29N5O3S. The second kappa shape index (κ2) is 9.05. The summed E-state index contributed by atoms with van der Waals surface area (Å²) in [6.45, 7) is 11.0. The number of hydrogen-bond acceptors (Lipinski definition) is 5. The Morgan fingerprint density at radius 1 is 1.28 bits per heavy atom. The first-order valence-electron chi connectivity index (χ1n) is 12.0. The maximum absolute atomic E-state index is 13.4. The number of nitrogens with zero attached hydrogens (tertiary/aromatic N) is 3. The second-order valence-corrected chi connectivity index (χ2v) is 11.2. The number of anilines is 3. The van der Waals surface area contributed by atoms with Gasteiger partial charge in [0, 0.05) is 25.3 Å². The molecule has 0 unspecified atom stereocenters. The van der Waals surface area contributed by atoms with Gasteiger partial charge in [0.15, 0.2) is 0 Å². The van der Waals surface area contributed by atoms with Gasteiger partial charge in [0.2, 0.25) is 5.91 Å². The summed E-state index contributed by atoms with van der Waals surface area (Å²) in [7, 11) is 0. The van der Waals surface area contributed by atoms with Crippen LogP contribution >= 0.6 is 11.3 Å². The van der Waals surface area contributed by atoms with E-state index < -0.39 is 0 Å². The van der Waals surface area contributed by atoms with E-state index in [2.05, 4.69) is 49.0 Å². The van der Waals surface area contributed by atoms with Crippen molar-refractivity contribution >= 4 is 56.5 Å². The van der Waals surface area contributed by atoms with Crippen molar-refractivity contribution in [2.45, 2.75) is 45.1 Å². The number of carbonyl (C=O) groups is 3. The van der Waals surface area contributed by atoms with Crippen LogP contribution in [-0.2, 0) is 10.2 Å². The van der Waals surface area contributed by atoms with Crippen LogP contribution in [0.2, 0.25) is 0 Å². The Morgan fingerprint density at radius 2 is 2.08 bits per heavy atom. The maximum Gasteiger partial charge on any atom is 0.331 e. The van der Waals surface area contributed by atoms with Gasteiger partial charge < -0.3 is 15.5 Å². The van der Waals surface area contributed by atoms with Crippen LogP contribution in [0.5, 0.6) is 0 Å². The highest BCUT2D eigenvalue weighted by Gasteiger charge is 2.34. The van der Waals surface area contributed by atoms with Gasteiger partial charge in [0.1, 0.15) is 9.71 Å². The van der Waals surface area contributed by atoms with Crippen molar-refractivity contribution in [1.82, 2.24) is 15.2 Å². The summed E-state index contributed by atoms with van der Waals surface area (Å²) in [5, 5.41) is 6.76. The van der Waals surface area contributed by atoms with E-state index in [1.165, 1.54) is 17.4 Å². The topological polar surface area (TPSA) is 94.6 Å². The third-order valence-electron chi connectivity index (χ3n) is 6.67. The molecule has 186 valence electrons. The number of rotatable bonds is 4. The predicted octanol–water partition coefficient (Wildman–Crippen LogP) is 5.18. The number of hydrogen-bond donors (Lipinski definition) is 2. The molecule has 0 aliphatic carbocycles. The van der Waals surface area contributed by atoms with Crippen LogP contribution in [0.3, 0.4) is 0 Å². The molecular weight excluding hydrogens is 474 g/mol. The van der Waals surface area contributed by atoms with Crippen LogP contribution in [0.15, 0.2) is 49.2 Å². The van der Waals surface area contributed by atoms with Crippen molar-refractivity contribution in [3.8, 4) is 0 Å². The van der Waals surface area contributed by atoms with E-state index in [0.29, 0.717) is 34.2 Å². The molecule has 0 saturated carbocycles. The Morgan fingerprint density at radius 3 is 2.83 bits per heavy atom. The zero-order valence-corrected chi connectivity index (χ0v) is 21.4. The van der Waals surface area contributed by atoms with Crippen LogP contribution in [0.1, 0.15) is 48.8 Å². The first-order valence-corrected chi connectivity index (χ1v) is 12.8. The molecule has 36 heavy (non-hydrogen) atoms. The van der Waals surface area contributed by atoms with Gasteiger partial charge in [0.25, 0.3) is 5.91 Å². The van der Waals surface area contributed by atoms with Crippen molar-refractivity contribution < 1.29 is 14.4 Å². The number of benzene rings is 1. The fourth-order valence-corrected chi connectivity index (χ4v) is 5.81. The maximum atomic E-state index is 13.4. The number of amides is 4. The summed E-state index contributed by atoms with van der Waals surface area (Å²) in [4.78, 5) is 47.7. The number of likely N-dealkylation sites (tertiary alicyclic amines) is 1. The average Bonchev–Trinajstić information content (AvgIpc) is 3.23. The summed E-state index contributed by atoms with van der Waals surface area (Å²) < 4.78 is 0. The number of urea groups is 1. The van der Waals surface area contributed by atoms with E-state index in [-0.39, 0.29) is 29.3 Å². The van der Waals surface area contributed by atoms with Crippen LogP contribution in [-0.4, -0.2) is 46.9 Å². The molecule has 3 aromatic rings. The van der Waals surface area contributed by atoms with Crippen LogP contribution < -0.4 is 15.5 Å². The molecule has 5 rings (SSSR count). The first kappa shape index (κ1) is 24.0. The number of piperidine rings is 1. The van der Waals surface area contributed by atoms with Gasteiger partial charge in [-0.25, -0.2) is 9.78 Å². The van der Waals surface area contributed by atoms with Gasteiger partial charge >= 0.3 is 6.03 Å². The van der Waals surface area contributed by atoms with Crippen molar-refractivity contribution in [3.63, 3.8) is 0 Å². The SMILES string of the molecule is C=CC(=O)N1CCC[C@@H](NC(=O)c2sc3nccc4c3c2NC(=O)N4c2cccc(C(C)(C)C)c2)C1. The fourth-order valence-electron chi connectivity index (χ4n) is 4.79. The Hall–Kier alpha value is -3.72. The molecule has 0 radical (unpaired) electrons. The molecule has 0 bridgehead atoms. The van der Waals surface area contributed by atoms with Crippen molar-refractivity contribution in [3.05, 3.63) is 59.6 Å². The third-order valence-corrected chi connectivity index (χ3v) is 7.76. The minimum Gasteiger partial charge on any atom is -0.347 e. The van der Waals surface area contributed by atoms with Crippen LogP contribution in [0, 0.1) is 0 Å². The molecule has 1 atom stereocenters. The number of pyridine rings is 1. The van der Waals surface area contributed by atoms with E-state index in [1.54, 1.807) is 16.0 Å². The smallest absolute Gasteiger partial charge is 0.331 e. The lowest BCUT2D eigenvalue weighted by Crippen LogP contribution is -2.49. The Labute approximate surface area is 214 Å². The molecule has 9 heteroatoms. The highest BCUT2D eigenvalue weighted by atomic mass is 32.1. The number of nitrogens with one attached hydrogen (secondary N) is 2. The van der Waals surface area contributed by atoms with Crippen LogP contribution in [0.25, 0.3) is 10.2 Å². The lowest BCUT2D eigenvalue weighted by molar-refractivity contribution is -0.127. The Balaban J connectivity index is 1.48. The van der Waals surface area contributed by atoms with Gasteiger partial charge in [-0.05, 0) is 48.1 Å². The van der Waals surface area contributed by atoms with Crippen molar-refractivity contribution in [2.75, 3.05) is 23.3 Å². The quantitative estimate of drug-likeness (QED) is 0.480. The number of thiophene rings is 1. The molecule has 2 aliphatic heterocycles. The largest absolute Gasteiger partial charge is 0.347 e.